The zero-order chi connectivity index (χ0) is 20.0. The lowest BCUT2D eigenvalue weighted by molar-refractivity contribution is 0.0307. The number of hydrogen-bond acceptors (Lipinski definition) is 7. The average Bonchev–Trinajstić information content (AvgIpc) is 2.51. The van der Waals surface area contributed by atoms with Gasteiger partial charge in [0.25, 0.3) is 0 Å². The number of esters is 1. The third kappa shape index (κ3) is 6.85. The van der Waals surface area contributed by atoms with Gasteiger partial charge in [-0.25, -0.2) is 4.79 Å². The second kappa shape index (κ2) is 9.20. The van der Waals surface area contributed by atoms with Crippen molar-refractivity contribution >= 4 is 22.4 Å². The van der Waals surface area contributed by atoms with Gasteiger partial charge in [-0.1, -0.05) is 12.2 Å². The summed E-state index contributed by atoms with van der Waals surface area (Å²) in [6.45, 7) is 1.72. The van der Waals surface area contributed by atoms with Crippen LogP contribution in [0.4, 0.5) is 0 Å². The van der Waals surface area contributed by atoms with Gasteiger partial charge in [-0.3, -0.25) is 4.55 Å². The zero-order valence-electron chi connectivity index (χ0n) is 15.0. The number of allylic oxidation sites excluding steroid dienone is 1. The first-order chi connectivity index (χ1) is 12.7. The van der Waals surface area contributed by atoms with E-state index in [0.29, 0.717) is 32.1 Å². The molecule has 150 valence electrons. The van der Waals surface area contributed by atoms with Crippen LogP contribution in [0.2, 0.25) is 0 Å². The monoisotopic (exact) mass is 400 g/mol. The molecule has 1 aromatic carbocycles. The molecule has 2 atom stereocenters. The van der Waals surface area contributed by atoms with Gasteiger partial charge in [-0.15, -0.1) is 0 Å². The minimum atomic E-state index is -4.78. The van der Waals surface area contributed by atoms with Crippen LogP contribution in [0, 0.1) is 0 Å². The molecule has 8 nitrogen and oxygen atoms in total. The number of phenolic OH excluding ortho intramolecular Hbond substituents is 1. The van der Waals surface area contributed by atoms with Gasteiger partial charge in [-0.2, -0.15) is 8.42 Å². The van der Waals surface area contributed by atoms with Crippen LogP contribution in [0.25, 0.3) is 6.08 Å². The highest BCUT2D eigenvalue weighted by atomic mass is 32.3. The van der Waals surface area contributed by atoms with Crippen LogP contribution in [0.1, 0.15) is 61.4 Å². The summed E-state index contributed by atoms with van der Waals surface area (Å²) in [7, 11) is -4.78. The second-order valence-electron chi connectivity index (χ2n) is 6.55. The first-order valence-electron chi connectivity index (χ1n) is 8.75. The Morgan fingerprint density at radius 3 is 2.59 bits per heavy atom. The maximum Gasteiger partial charge on any atom is 0.446 e. The molecule has 3 N–H and O–H groups in total. The molecule has 1 aliphatic heterocycles. The summed E-state index contributed by atoms with van der Waals surface area (Å²) in [5, 5.41) is 20.1. The quantitative estimate of drug-likeness (QED) is 0.510. The lowest BCUT2D eigenvalue weighted by atomic mass is 10.0. The number of phenols is 1. The Kier molecular flexibility index (Phi) is 7.23. The first-order valence-corrected chi connectivity index (χ1v) is 10.1. The van der Waals surface area contributed by atoms with Crippen molar-refractivity contribution in [2.45, 2.75) is 57.7 Å². The van der Waals surface area contributed by atoms with E-state index in [-0.39, 0.29) is 16.9 Å². The predicted molar refractivity (Wildman–Crippen MR) is 97.9 cm³/mol. The Morgan fingerprint density at radius 2 is 1.89 bits per heavy atom. The molecular weight excluding hydrogens is 376 g/mol. The van der Waals surface area contributed by atoms with E-state index in [0.717, 1.165) is 12.5 Å². The Labute approximate surface area is 158 Å². The minimum absolute atomic E-state index is 0.113. The number of rotatable bonds is 2. The van der Waals surface area contributed by atoms with E-state index in [9.17, 15) is 23.4 Å². The summed E-state index contributed by atoms with van der Waals surface area (Å²) in [5.74, 6) is -1.61. The molecule has 1 aromatic rings. The van der Waals surface area contributed by atoms with Gasteiger partial charge in [0, 0.05) is 6.07 Å². The third-order valence-corrected chi connectivity index (χ3v) is 4.59. The van der Waals surface area contributed by atoms with Crippen LogP contribution in [-0.2, 0) is 15.1 Å². The third-order valence-electron chi connectivity index (χ3n) is 4.19. The SMILES string of the molecule is C[C@H]1CCC[C@H](O)CCC/C=C/c2cc(OS(=O)(=O)O)cc(O)c2C(=O)O1. The standard InChI is InChI=1S/C18H24O8S/c1-12-6-5-9-14(19)8-4-2-3-7-13-10-15(26-27(22,23)24)11-16(20)17(13)18(21)25-12/h3,7,10-12,14,19-20H,2,4-6,8-9H2,1H3,(H,22,23,24)/b7-3+/t12-,14+/m0/s1. The van der Waals surface area contributed by atoms with Gasteiger partial charge >= 0.3 is 16.4 Å². The number of hydrogen-bond donors (Lipinski definition) is 3. The second-order valence-corrected chi connectivity index (χ2v) is 7.57. The fourth-order valence-corrected chi connectivity index (χ4v) is 3.25. The van der Waals surface area contributed by atoms with E-state index in [1.165, 1.54) is 12.1 Å². The molecule has 0 saturated heterocycles. The molecule has 0 unspecified atom stereocenters. The van der Waals surface area contributed by atoms with E-state index in [2.05, 4.69) is 4.18 Å². The molecule has 0 radical (unpaired) electrons. The highest BCUT2D eigenvalue weighted by Gasteiger charge is 2.22. The minimum Gasteiger partial charge on any atom is -0.507 e. The number of benzene rings is 1. The molecule has 1 aliphatic rings. The molecule has 0 bridgehead atoms. The van der Waals surface area contributed by atoms with E-state index < -0.39 is 34.3 Å². The highest BCUT2D eigenvalue weighted by molar-refractivity contribution is 7.81. The van der Waals surface area contributed by atoms with Gasteiger partial charge in [0.15, 0.2) is 0 Å². The van der Waals surface area contributed by atoms with Gasteiger partial charge in [0.1, 0.15) is 17.1 Å². The molecule has 0 fully saturated rings. The Morgan fingerprint density at radius 1 is 1.19 bits per heavy atom. The van der Waals surface area contributed by atoms with Gasteiger partial charge in [-0.05, 0) is 57.1 Å². The van der Waals surface area contributed by atoms with E-state index in [4.69, 9.17) is 9.29 Å². The van der Waals surface area contributed by atoms with Gasteiger partial charge in [0.05, 0.1) is 12.2 Å². The van der Waals surface area contributed by atoms with Crippen molar-refractivity contribution in [1.29, 1.82) is 0 Å². The largest absolute Gasteiger partial charge is 0.507 e. The topological polar surface area (TPSA) is 130 Å². The van der Waals surface area contributed by atoms with Crippen molar-refractivity contribution in [2.24, 2.45) is 0 Å². The van der Waals surface area contributed by atoms with Crippen LogP contribution in [-0.4, -0.2) is 41.4 Å². The Bertz CT molecular complexity index is 800. The molecule has 0 spiro atoms. The maximum absolute atomic E-state index is 12.5. The van der Waals surface area contributed by atoms with E-state index >= 15 is 0 Å². The van der Waals surface area contributed by atoms with E-state index in [1.807, 2.05) is 0 Å². The maximum atomic E-state index is 12.5. The number of carbonyl (C=O) groups is 1. The fraction of sp³-hybridized carbons (Fsp3) is 0.500. The van der Waals surface area contributed by atoms with Gasteiger partial charge < -0.3 is 19.1 Å². The lowest BCUT2D eigenvalue weighted by Crippen LogP contribution is -2.17. The predicted octanol–water partition coefficient (Wildman–Crippen LogP) is 2.85. The average molecular weight is 400 g/mol. The van der Waals surface area contributed by atoms with Gasteiger partial charge in [0.2, 0.25) is 0 Å². The number of cyclic esters (lactones) is 1. The molecule has 0 saturated carbocycles. The molecule has 0 amide bonds. The number of ether oxygens (including phenoxy) is 1. The zero-order valence-corrected chi connectivity index (χ0v) is 15.8. The number of aliphatic hydroxyl groups excluding tert-OH is 1. The normalized spacial score (nSPS) is 23.6. The van der Waals surface area contributed by atoms with Crippen molar-refractivity contribution in [3.05, 3.63) is 29.3 Å². The molecule has 2 rings (SSSR count). The fourth-order valence-electron chi connectivity index (χ4n) is 2.91. The van der Waals surface area contributed by atoms with Crippen molar-refractivity contribution in [3.8, 4) is 11.5 Å². The van der Waals surface area contributed by atoms with Crippen molar-refractivity contribution < 1.29 is 36.9 Å². The summed E-state index contributed by atoms with van der Waals surface area (Å²) in [4.78, 5) is 12.5. The lowest BCUT2D eigenvalue weighted by Gasteiger charge is -2.17. The van der Waals surface area contributed by atoms with Crippen molar-refractivity contribution in [3.63, 3.8) is 0 Å². The number of fused-ring (bicyclic) bond motifs is 1. The van der Waals surface area contributed by atoms with Crippen LogP contribution in [0.3, 0.4) is 0 Å². The first kappa shape index (κ1) is 21.2. The summed E-state index contributed by atoms with van der Waals surface area (Å²) in [5.41, 5.74) is 0.0846. The number of carbonyl (C=O) groups excluding carboxylic acids is 1. The summed E-state index contributed by atoms with van der Waals surface area (Å²) in [6.07, 6.45) is 6.34. The molecule has 27 heavy (non-hydrogen) atoms. The summed E-state index contributed by atoms with van der Waals surface area (Å²) in [6, 6.07) is 2.14. The van der Waals surface area contributed by atoms with E-state index in [1.54, 1.807) is 13.0 Å². The van der Waals surface area contributed by atoms with Crippen LogP contribution >= 0.6 is 0 Å². The Hall–Kier alpha value is -2.10. The van der Waals surface area contributed by atoms with Crippen molar-refractivity contribution in [1.82, 2.24) is 0 Å². The summed E-state index contributed by atoms with van der Waals surface area (Å²) < 4.78 is 40.4. The molecule has 1 heterocycles. The van der Waals surface area contributed by atoms with Crippen molar-refractivity contribution in [2.75, 3.05) is 0 Å². The molecule has 0 aliphatic carbocycles. The number of aliphatic hydroxyl groups is 1. The molecule has 9 heteroatoms. The molecule has 0 aromatic heterocycles. The summed E-state index contributed by atoms with van der Waals surface area (Å²) >= 11 is 0. The van der Waals surface area contributed by atoms with Crippen LogP contribution in [0.15, 0.2) is 18.2 Å². The van der Waals surface area contributed by atoms with Crippen LogP contribution < -0.4 is 4.18 Å². The highest BCUT2D eigenvalue weighted by Crippen LogP contribution is 2.31. The molecular formula is C18H24O8S. The Balaban J connectivity index is 2.39. The van der Waals surface area contributed by atoms with Crippen LogP contribution in [0.5, 0.6) is 11.5 Å². The number of aromatic hydroxyl groups is 1. The smallest absolute Gasteiger partial charge is 0.446 e.